The first kappa shape index (κ1) is 35.1. The largest absolute Gasteiger partial charge is 0.481 e. The maximum absolute atomic E-state index is 14.6. The zero-order valence-corrected chi connectivity index (χ0v) is 28.3. The Labute approximate surface area is 297 Å². The molecule has 5 aromatic rings. The summed E-state index contributed by atoms with van der Waals surface area (Å²) in [6.45, 7) is 0.505. The Bertz CT molecular complexity index is 1900. The van der Waals surface area contributed by atoms with Crippen LogP contribution in [0.3, 0.4) is 0 Å². The van der Waals surface area contributed by atoms with E-state index in [1.165, 1.54) is 0 Å². The fourth-order valence-corrected chi connectivity index (χ4v) is 6.95. The molecule has 1 aliphatic rings. The molecule has 3 amide bonds. The van der Waals surface area contributed by atoms with Crippen molar-refractivity contribution in [3.8, 4) is 0 Å². The first-order chi connectivity index (χ1) is 24.8. The molecule has 1 aliphatic heterocycles. The summed E-state index contributed by atoms with van der Waals surface area (Å²) in [5.74, 6) is -3.32. The van der Waals surface area contributed by atoms with E-state index in [4.69, 9.17) is 5.73 Å². The second-order valence-electron chi connectivity index (χ2n) is 13.1. The van der Waals surface area contributed by atoms with E-state index in [9.17, 15) is 24.3 Å². The molecule has 6 rings (SSSR count). The van der Waals surface area contributed by atoms with Gasteiger partial charge in [-0.1, -0.05) is 109 Å². The number of nitrogens with zero attached hydrogens (tertiary/aromatic N) is 1. The number of hydrogen-bond acceptors (Lipinski definition) is 5. The van der Waals surface area contributed by atoms with Crippen LogP contribution in [-0.2, 0) is 32.0 Å². The quantitative estimate of drug-likeness (QED) is 0.124. The number of rotatable bonds is 13. The number of hydrogen-bond donors (Lipinski definition) is 5. The molecule has 0 radical (unpaired) electrons. The number of piperidine rings is 1. The van der Waals surface area contributed by atoms with Gasteiger partial charge in [-0.05, 0) is 47.6 Å². The summed E-state index contributed by atoms with van der Waals surface area (Å²) in [6.07, 6.45) is 2.90. The van der Waals surface area contributed by atoms with Gasteiger partial charge in [-0.15, -0.1) is 0 Å². The molecule has 0 unspecified atom stereocenters. The predicted octanol–water partition coefficient (Wildman–Crippen LogP) is 4.41. The minimum atomic E-state index is -1.07. The topological polar surface area (TPSA) is 158 Å². The van der Waals surface area contributed by atoms with Gasteiger partial charge < -0.3 is 31.4 Å². The van der Waals surface area contributed by atoms with E-state index in [2.05, 4.69) is 15.6 Å². The second kappa shape index (κ2) is 16.3. The third-order valence-electron chi connectivity index (χ3n) is 9.74. The molecule has 0 spiro atoms. The number of aliphatic carboxylic acids is 1. The van der Waals surface area contributed by atoms with Crippen molar-refractivity contribution in [1.29, 1.82) is 0 Å². The average molecular weight is 686 g/mol. The molecule has 1 aromatic heterocycles. The number of nitrogens with one attached hydrogen (secondary N) is 3. The smallest absolute Gasteiger partial charge is 0.306 e. The van der Waals surface area contributed by atoms with Crippen LogP contribution in [0.15, 0.2) is 121 Å². The molecule has 0 saturated carbocycles. The number of aromatic nitrogens is 1. The number of aromatic amines is 1. The molecule has 0 aliphatic carbocycles. The van der Waals surface area contributed by atoms with E-state index in [1.54, 1.807) is 4.90 Å². The molecule has 2 heterocycles. The summed E-state index contributed by atoms with van der Waals surface area (Å²) < 4.78 is 0. The van der Waals surface area contributed by atoms with Crippen LogP contribution in [-0.4, -0.2) is 69.9 Å². The highest BCUT2D eigenvalue weighted by Gasteiger charge is 2.39. The molecule has 10 heteroatoms. The Hall–Kier alpha value is -5.74. The first-order valence-corrected chi connectivity index (χ1v) is 17.3. The number of para-hydroxylation sites is 1. The molecule has 3 atom stereocenters. The molecular formula is C41H43N5O5. The Morgan fingerprint density at radius 2 is 1.31 bits per heavy atom. The number of likely N-dealkylation sites (tertiary alicyclic amines) is 1. The van der Waals surface area contributed by atoms with E-state index < -0.39 is 47.7 Å². The van der Waals surface area contributed by atoms with Crippen molar-refractivity contribution in [3.05, 3.63) is 144 Å². The standard InChI is InChI=1S/C41H43N5O5/c42-33(24-27-12-4-1-5-13-27)38(47)44-35(25-31-26-43-34-19-11-10-18-32(31)34)39(48)45-37(40(49)46-22-20-30(21-23-46)41(50)51)36(28-14-6-2-7-15-28)29-16-8-3-9-17-29/h1-19,26,30,33,35-37,43H,20-25,42H2,(H,44,47)(H,45,48)(H,50,51)/t33-,35+,37+/m0/s1. The van der Waals surface area contributed by atoms with Gasteiger partial charge in [-0.2, -0.15) is 0 Å². The van der Waals surface area contributed by atoms with Gasteiger partial charge in [0.05, 0.1) is 12.0 Å². The zero-order chi connectivity index (χ0) is 35.7. The van der Waals surface area contributed by atoms with Crippen LogP contribution in [0.5, 0.6) is 0 Å². The van der Waals surface area contributed by atoms with Crippen molar-refractivity contribution in [3.63, 3.8) is 0 Å². The third-order valence-corrected chi connectivity index (χ3v) is 9.74. The van der Waals surface area contributed by atoms with Crippen LogP contribution in [0.4, 0.5) is 0 Å². The number of carboxylic acids is 1. The molecule has 1 fully saturated rings. The minimum absolute atomic E-state index is 0.145. The fourth-order valence-electron chi connectivity index (χ4n) is 6.95. The van der Waals surface area contributed by atoms with Crippen molar-refractivity contribution in [2.24, 2.45) is 11.7 Å². The molecule has 6 N–H and O–H groups in total. The van der Waals surface area contributed by atoms with E-state index in [-0.39, 0.29) is 31.8 Å². The summed E-state index contributed by atoms with van der Waals surface area (Å²) in [5.41, 5.74) is 10.6. The third kappa shape index (κ3) is 8.53. The summed E-state index contributed by atoms with van der Waals surface area (Å²) in [5, 5.41) is 16.5. The van der Waals surface area contributed by atoms with Gasteiger partial charge in [-0.25, -0.2) is 0 Å². The lowest BCUT2D eigenvalue weighted by molar-refractivity contribution is -0.146. The van der Waals surface area contributed by atoms with Gasteiger partial charge in [0.1, 0.15) is 12.1 Å². The highest BCUT2D eigenvalue weighted by Crippen LogP contribution is 2.31. The Morgan fingerprint density at radius 3 is 1.92 bits per heavy atom. The van der Waals surface area contributed by atoms with E-state index in [0.29, 0.717) is 12.8 Å². The van der Waals surface area contributed by atoms with Crippen LogP contribution >= 0.6 is 0 Å². The number of carbonyl (C=O) groups excluding carboxylic acids is 3. The highest BCUT2D eigenvalue weighted by molar-refractivity contribution is 5.95. The van der Waals surface area contributed by atoms with Crippen LogP contribution < -0.4 is 16.4 Å². The second-order valence-corrected chi connectivity index (χ2v) is 13.1. The molecule has 262 valence electrons. The molecule has 0 bridgehead atoms. The number of H-pyrrole nitrogens is 1. The average Bonchev–Trinajstić information content (AvgIpc) is 3.57. The minimum Gasteiger partial charge on any atom is -0.481 e. The van der Waals surface area contributed by atoms with Crippen molar-refractivity contribution in [1.82, 2.24) is 20.5 Å². The number of carbonyl (C=O) groups is 4. The predicted molar refractivity (Wildman–Crippen MR) is 196 cm³/mol. The maximum atomic E-state index is 14.6. The number of benzene rings is 4. The molecule has 1 saturated heterocycles. The maximum Gasteiger partial charge on any atom is 0.306 e. The molecule has 51 heavy (non-hydrogen) atoms. The number of nitrogens with two attached hydrogens (primary N) is 1. The van der Waals surface area contributed by atoms with Gasteiger partial charge in [0.2, 0.25) is 17.7 Å². The summed E-state index contributed by atoms with van der Waals surface area (Å²) in [7, 11) is 0. The lowest BCUT2D eigenvalue weighted by Gasteiger charge is -2.36. The van der Waals surface area contributed by atoms with Crippen LogP contribution in [0.1, 0.15) is 41.0 Å². The SMILES string of the molecule is N[C@@H](Cc1ccccc1)C(=O)N[C@H](Cc1c[nH]c2ccccc12)C(=O)N[C@@H](C(=O)N1CCC(C(=O)O)CC1)C(c1ccccc1)c1ccccc1. The van der Waals surface area contributed by atoms with Crippen LogP contribution in [0.2, 0.25) is 0 Å². The van der Waals surface area contributed by atoms with Crippen molar-refractivity contribution >= 4 is 34.6 Å². The van der Waals surface area contributed by atoms with Crippen LogP contribution in [0, 0.1) is 5.92 Å². The highest BCUT2D eigenvalue weighted by atomic mass is 16.4. The monoisotopic (exact) mass is 685 g/mol. The van der Waals surface area contributed by atoms with E-state index in [1.807, 2.05) is 121 Å². The Balaban J connectivity index is 1.34. The first-order valence-electron chi connectivity index (χ1n) is 17.3. The van der Waals surface area contributed by atoms with Gasteiger partial charge in [-0.3, -0.25) is 19.2 Å². The van der Waals surface area contributed by atoms with Gasteiger partial charge >= 0.3 is 5.97 Å². The molecule has 4 aromatic carbocycles. The van der Waals surface area contributed by atoms with Crippen molar-refractivity contribution in [2.75, 3.05) is 13.1 Å². The lowest BCUT2D eigenvalue weighted by Crippen LogP contribution is -2.59. The Morgan fingerprint density at radius 1 is 0.745 bits per heavy atom. The van der Waals surface area contributed by atoms with E-state index in [0.717, 1.165) is 33.2 Å². The molecule has 10 nitrogen and oxygen atoms in total. The normalized spacial score (nSPS) is 15.2. The van der Waals surface area contributed by atoms with Gasteiger partial charge in [0.15, 0.2) is 0 Å². The fraction of sp³-hybridized carbons (Fsp3) is 0.268. The lowest BCUT2D eigenvalue weighted by atomic mass is 9.83. The van der Waals surface area contributed by atoms with Crippen molar-refractivity contribution in [2.45, 2.75) is 49.7 Å². The molecular weight excluding hydrogens is 642 g/mol. The number of carboxylic acid groups (broad SMARTS) is 1. The zero-order valence-electron chi connectivity index (χ0n) is 28.3. The Kier molecular flexibility index (Phi) is 11.2. The summed E-state index contributed by atoms with van der Waals surface area (Å²) in [4.78, 5) is 59.4. The van der Waals surface area contributed by atoms with Gasteiger partial charge in [0.25, 0.3) is 0 Å². The van der Waals surface area contributed by atoms with E-state index >= 15 is 0 Å². The summed E-state index contributed by atoms with van der Waals surface area (Å²) >= 11 is 0. The van der Waals surface area contributed by atoms with Crippen molar-refractivity contribution < 1.29 is 24.3 Å². The number of amides is 3. The van der Waals surface area contributed by atoms with Gasteiger partial charge in [0, 0.05) is 42.5 Å². The number of fused-ring (bicyclic) bond motifs is 1. The van der Waals surface area contributed by atoms with Crippen LogP contribution in [0.25, 0.3) is 10.9 Å². The summed E-state index contributed by atoms with van der Waals surface area (Å²) in [6, 6.07) is 33.1.